The van der Waals surface area contributed by atoms with E-state index in [1.54, 1.807) is 0 Å². The second kappa shape index (κ2) is 6.81. The summed E-state index contributed by atoms with van der Waals surface area (Å²) in [5, 5.41) is 18.6. The van der Waals surface area contributed by atoms with Crippen molar-refractivity contribution in [2.75, 3.05) is 6.54 Å². The zero-order chi connectivity index (χ0) is 15.5. The summed E-state index contributed by atoms with van der Waals surface area (Å²) in [6.07, 6.45) is 6.23. The number of carboxylic acid groups (broad SMARTS) is 1. The molecular weight excluding hydrogens is 302 g/mol. The van der Waals surface area contributed by atoms with Crippen LogP contribution < -0.4 is 16.0 Å². The van der Waals surface area contributed by atoms with E-state index >= 15 is 0 Å². The number of nitrogens with one attached hydrogen (secondary N) is 3. The van der Waals surface area contributed by atoms with Crippen LogP contribution in [-0.2, 0) is 4.79 Å². The third-order valence-electron chi connectivity index (χ3n) is 4.52. The number of fused-ring (bicyclic) bond motifs is 1. The molecule has 3 aliphatic heterocycles. The third-order valence-corrected chi connectivity index (χ3v) is 6.11. The van der Waals surface area contributed by atoms with E-state index in [1.165, 1.54) is 23.4 Å². The Morgan fingerprint density at radius 1 is 1.27 bits per heavy atom. The molecule has 0 aromatic heterocycles. The number of carbonyl (C=O) groups excluding carboxylic acids is 1. The average Bonchev–Trinajstić information content (AvgIpc) is 3.02. The molecule has 0 aliphatic carbocycles. The fourth-order valence-electron chi connectivity index (χ4n) is 3.44. The van der Waals surface area contributed by atoms with Gasteiger partial charge in [-0.1, -0.05) is 6.42 Å². The zero-order valence-corrected chi connectivity index (χ0v) is 13.4. The molecule has 0 aromatic carbocycles. The van der Waals surface area contributed by atoms with E-state index in [2.05, 4.69) is 16.0 Å². The van der Waals surface area contributed by atoms with Crippen molar-refractivity contribution in [1.29, 1.82) is 0 Å². The predicted octanol–water partition coefficient (Wildman–Crippen LogP) is 1.78. The molecule has 7 heteroatoms. The number of rotatable bonds is 5. The number of thioether (sulfide) groups is 1. The van der Waals surface area contributed by atoms with E-state index in [-0.39, 0.29) is 24.5 Å². The molecule has 3 rings (SSSR count). The lowest BCUT2D eigenvalue weighted by molar-refractivity contribution is -0.137. The largest absolute Gasteiger partial charge is 0.481 e. The monoisotopic (exact) mass is 325 g/mol. The molecular formula is C15H23N3O3S. The summed E-state index contributed by atoms with van der Waals surface area (Å²) in [5.41, 5.74) is 1.29. The molecule has 3 saturated heterocycles. The Morgan fingerprint density at radius 3 is 2.86 bits per heavy atom. The molecule has 22 heavy (non-hydrogen) atoms. The summed E-state index contributed by atoms with van der Waals surface area (Å²) in [7, 11) is 0. The first-order valence-electron chi connectivity index (χ1n) is 8.07. The van der Waals surface area contributed by atoms with Gasteiger partial charge in [-0.05, 0) is 32.1 Å². The van der Waals surface area contributed by atoms with Crippen LogP contribution in [0.25, 0.3) is 0 Å². The van der Waals surface area contributed by atoms with Gasteiger partial charge in [-0.3, -0.25) is 4.79 Å². The van der Waals surface area contributed by atoms with Gasteiger partial charge in [0.15, 0.2) is 0 Å². The Balaban J connectivity index is 1.64. The van der Waals surface area contributed by atoms with Crippen LogP contribution in [0.2, 0.25) is 0 Å². The number of aliphatic carboxylic acids is 1. The summed E-state index contributed by atoms with van der Waals surface area (Å²) in [6, 6.07) is 0.135. The van der Waals surface area contributed by atoms with Gasteiger partial charge in [-0.15, -0.1) is 11.8 Å². The van der Waals surface area contributed by atoms with Crippen molar-refractivity contribution in [2.45, 2.75) is 62.3 Å². The van der Waals surface area contributed by atoms with Gasteiger partial charge < -0.3 is 21.1 Å². The highest BCUT2D eigenvalue weighted by atomic mass is 32.2. The standard InChI is InChI=1S/C15H23N3O3S/c19-11(20)7-2-1-6-10-12-13(18-15(21)17-12)14(22-10)9-5-3-4-8-16-9/h10,12-13,16H,1-8H2,(H,19,20)(H2,17,18,21)/b14-9-/t10-,12+,13+/m1/s1. The van der Waals surface area contributed by atoms with Crippen LogP contribution in [0.15, 0.2) is 10.6 Å². The molecule has 0 bridgehead atoms. The van der Waals surface area contributed by atoms with Gasteiger partial charge in [0.05, 0.1) is 12.1 Å². The summed E-state index contributed by atoms with van der Waals surface area (Å²) < 4.78 is 0. The minimum atomic E-state index is -0.734. The molecule has 122 valence electrons. The first-order chi connectivity index (χ1) is 10.6. The van der Waals surface area contributed by atoms with Gasteiger partial charge in [-0.2, -0.15) is 0 Å². The summed E-state index contributed by atoms with van der Waals surface area (Å²) >= 11 is 1.86. The van der Waals surface area contributed by atoms with Gasteiger partial charge in [0.2, 0.25) is 0 Å². The molecule has 3 heterocycles. The van der Waals surface area contributed by atoms with Crippen LogP contribution in [0.1, 0.15) is 44.9 Å². The fourth-order valence-corrected chi connectivity index (χ4v) is 5.09. The Labute approximate surface area is 134 Å². The van der Waals surface area contributed by atoms with Gasteiger partial charge >= 0.3 is 12.0 Å². The van der Waals surface area contributed by atoms with Crippen LogP contribution in [0.4, 0.5) is 4.79 Å². The number of urea groups is 1. The first kappa shape index (κ1) is 15.5. The lowest BCUT2D eigenvalue weighted by Gasteiger charge is -2.21. The van der Waals surface area contributed by atoms with Crippen molar-refractivity contribution in [3.63, 3.8) is 0 Å². The van der Waals surface area contributed by atoms with E-state index in [1.807, 2.05) is 11.8 Å². The summed E-state index contributed by atoms with van der Waals surface area (Å²) in [6.45, 7) is 1.02. The van der Waals surface area contributed by atoms with Crippen molar-refractivity contribution in [2.24, 2.45) is 0 Å². The number of carbonyl (C=O) groups is 2. The molecule has 3 atom stereocenters. The van der Waals surface area contributed by atoms with Gasteiger partial charge in [0.25, 0.3) is 0 Å². The number of amides is 2. The van der Waals surface area contributed by atoms with E-state index in [9.17, 15) is 9.59 Å². The first-order valence-corrected chi connectivity index (χ1v) is 8.95. The van der Waals surface area contributed by atoms with Crippen molar-refractivity contribution in [3.8, 4) is 0 Å². The minimum Gasteiger partial charge on any atom is -0.481 e. The highest BCUT2D eigenvalue weighted by molar-refractivity contribution is 8.04. The Hall–Kier alpha value is -1.37. The van der Waals surface area contributed by atoms with Crippen molar-refractivity contribution < 1.29 is 14.7 Å². The molecule has 0 aromatic rings. The molecule has 0 saturated carbocycles. The molecule has 0 spiro atoms. The maximum absolute atomic E-state index is 11.7. The van der Waals surface area contributed by atoms with E-state index < -0.39 is 5.97 Å². The number of hydrogen-bond donors (Lipinski definition) is 4. The molecule has 3 fully saturated rings. The maximum atomic E-state index is 11.7. The topological polar surface area (TPSA) is 90.5 Å². The van der Waals surface area contributed by atoms with Gasteiger partial charge in [-0.25, -0.2) is 4.79 Å². The lowest BCUT2D eigenvalue weighted by atomic mass is 9.99. The maximum Gasteiger partial charge on any atom is 0.315 e. The number of hydrogen-bond acceptors (Lipinski definition) is 4. The van der Waals surface area contributed by atoms with E-state index in [0.29, 0.717) is 11.7 Å². The second-order valence-electron chi connectivity index (χ2n) is 6.14. The van der Waals surface area contributed by atoms with Crippen molar-refractivity contribution >= 4 is 23.8 Å². The van der Waals surface area contributed by atoms with Crippen LogP contribution in [0, 0.1) is 0 Å². The van der Waals surface area contributed by atoms with E-state index in [4.69, 9.17) is 5.11 Å². The van der Waals surface area contributed by atoms with Crippen LogP contribution in [-0.4, -0.2) is 41.0 Å². The predicted molar refractivity (Wildman–Crippen MR) is 85.6 cm³/mol. The Bertz CT molecular complexity index is 486. The van der Waals surface area contributed by atoms with Gasteiger partial charge in [0.1, 0.15) is 0 Å². The second-order valence-corrected chi connectivity index (χ2v) is 7.42. The average molecular weight is 325 g/mol. The third kappa shape index (κ3) is 3.34. The highest BCUT2D eigenvalue weighted by Gasteiger charge is 2.47. The van der Waals surface area contributed by atoms with Crippen molar-refractivity contribution in [1.82, 2.24) is 16.0 Å². The lowest BCUT2D eigenvalue weighted by Crippen LogP contribution is -2.37. The van der Waals surface area contributed by atoms with Crippen LogP contribution in [0.3, 0.4) is 0 Å². The molecule has 0 radical (unpaired) electrons. The number of allylic oxidation sites excluding steroid dienone is 1. The molecule has 4 N–H and O–H groups in total. The quantitative estimate of drug-likeness (QED) is 0.457. The number of unbranched alkanes of at least 4 members (excludes halogenated alkanes) is 1. The molecule has 3 aliphatic rings. The van der Waals surface area contributed by atoms with Crippen molar-refractivity contribution in [3.05, 3.63) is 10.6 Å². The molecule has 6 nitrogen and oxygen atoms in total. The minimum absolute atomic E-state index is 0.0836. The van der Waals surface area contributed by atoms with Gasteiger partial charge in [0, 0.05) is 28.8 Å². The summed E-state index contributed by atoms with van der Waals surface area (Å²) in [5.74, 6) is -0.734. The number of carboxylic acids is 1. The molecule has 0 unspecified atom stereocenters. The fraction of sp³-hybridized carbons (Fsp3) is 0.733. The zero-order valence-electron chi connectivity index (χ0n) is 12.6. The summed E-state index contributed by atoms with van der Waals surface area (Å²) in [4.78, 5) is 23.6. The van der Waals surface area contributed by atoms with Crippen LogP contribution >= 0.6 is 11.8 Å². The highest BCUT2D eigenvalue weighted by Crippen LogP contribution is 2.44. The molecule has 2 amide bonds. The SMILES string of the molecule is O=C(O)CCCC[C@H]1S/C(=C2/CCCCN2)[C@H]2NC(=O)N[C@H]21. The number of piperidine rings is 1. The van der Waals surface area contributed by atoms with Crippen LogP contribution in [0.5, 0.6) is 0 Å². The Kier molecular flexibility index (Phi) is 4.81. The Morgan fingerprint density at radius 2 is 2.14 bits per heavy atom. The normalized spacial score (nSPS) is 33.8. The smallest absolute Gasteiger partial charge is 0.315 e. The van der Waals surface area contributed by atoms with E-state index in [0.717, 1.165) is 25.8 Å².